The molecule has 0 bridgehead atoms. The molecule has 0 saturated heterocycles. The van der Waals surface area contributed by atoms with Crippen LogP contribution < -0.4 is 10.2 Å². The molecule has 0 saturated carbocycles. The average molecular weight is 386 g/mol. The minimum absolute atomic E-state index is 0.168. The molecule has 1 N–H and O–H groups in total. The number of halogens is 3. The SMILES string of the molecule is CC(C)N(Cc1ccccc1)c1nccc(Nc2ccc(C(F)(F)F)cc2)n1. The fourth-order valence-corrected chi connectivity index (χ4v) is 2.71. The molecule has 1 heterocycles. The highest BCUT2D eigenvalue weighted by atomic mass is 19.4. The van der Waals surface area contributed by atoms with Crippen LogP contribution in [-0.2, 0) is 12.7 Å². The molecule has 3 aromatic rings. The van der Waals surface area contributed by atoms with Crippen LogP contribution in [0.1, 0.15) is 25.0 Å². The van der Waals surface area contributed by atoms with E-state index < -0.39 is 11.7 Å². The van der Waals surface area contributed by atoms with Crippen LogP contribution >= 0.6 is 0 Å². The summed E-state index contributed by atoms with van der Waals surface area (Å²) in [4.78, 5) is 11.0. The molecular formula is C21H21F3N4. The van der Waals surface area contributed by atoms with E-state index in [0.717, 1.165) is 17.7 Å². The molecule has 0 atom stereocenters. The summed E-state index contributed by atoms with van der Waals surface area (Å²) in [5, 5.41) is 3.04. The normalized spacial score (nSPS) is 11.5. The van der Waals surface area contributed by atoms with Gasteiger partial charge in [0.15, 0.2) is 0 Å². The summed E-state index contributed by atoms with van der Waals surface area (Å²) in [6.45, 7) is 4.77. The van der Waals surface area contributed by atoms with Gasteiger partial charge in [-0.05, 0) is 49.7 Å². The van der Waals surface area contributed by atoms with Crippen LogP contribution in [0.4, 0.5) is 30.6 Å². The Morgan fingerprint density at radius 3 is 2.25 bits per heavy atom. The van der Waals surface area contributed by atoms with E-state index in [9.17, 15) is 13.2 Å². The third-order valence-electron chi connectivity index (χ3n) is 4.20. The predicted molar refractivity (Wildman–Crippen MR) is 105 cm³/mol. The van der Waals surface area contributed by atoms with Crippen LogP contribution in [0.2, 0.25) is 0 Å². The van der Waals surface area contributed by atoms with Crippen molar-refractivity contribution >= 4 is 17.5 Å². The third-order valence-corrected chi connectivity index (χ3v) is 4.20. The van der Waals surface area contributed by atoms with Gasteiger partial charge in [-0.2, -0.15) is 18.2 Å². The topological polar surface area (TPSA) is 41.1 Å². The van der Waals surface area contributed by atoms with Crippen LogP contribution in [0, 0.1) is 0 Å². The summed E-state index contributed by atoms with van der Waals surface area (Å²) in [7, 11) is 0. The second kappa shape index (κ2) is 8.29. The largest absolute Gasteiger partial charge is 0.416 e. The molecule has 28 heavy (non-hydrogen) atoms. The first-order chi connectivity index (χ1) is 13.3. The minimum Gasteiger partial charge on any atom is -0.340 e. The van der Waals surface area contributed by atoms with Crippen LogP contribution in [-0.4, -0.2) is 16.0 Å². The van der Waals surface area contributed by atoms with Gasteiger partial charge in [0, 0.05) is 24.5 Å². The van der Waals surface area contributed by atoms with E-state index in [1.807, 2.05) is 30.3 Å². The highest BCUT2D eigenvalue weighted by molar-refractivity contribution is 5.57. The van der Waals surface area contributed by atoms with Crippen molar-refractivity contribution in [1.82, 2.24) is 9.97 Å². The van der Waals surface area contributed by atoms with E-state index in [-0.39, 0.29) is 6.04 Å². The van der Waals surface area contributed by atoms with Gasteiger partial charge in [0.1, 0.15) is 5.82 Å². The number of alkyl halides is 3. The van der Waals surface area contributed by atoms with E-state index in [4.69, 9.17) is 0 Å². The standard InChI is InChI=1S/C21H21F3N4/c1-15(2)28(14-16-6-4-3-5-7-16)20-25-13-12-19(27-20)26-18-10-8-17(9-11-18)21(22,23)24/h3-13,15H,14H2,1-2H3,(H,25,26,27). The van der Waals surface area contributed by atoms with E-state index in [1.54, 1.807) is 12.3 Å². The number of anilines is 3. The zero-order valence-corrected chi connectivity index (χ0v) is 15.6. The van der Waals surface area contributed by atoms with Crippen LogP contribution in [0.15, 0.2) is 66.9 Å². The summed E-state index contributed by atoms with van der Waals surface area (Å²) >= 11 is 0. The lowest BCUT2D eigenvalue weighted by molar-refractivity contribution is -0.137. The van der Waals surface area contributed by atoms with Gasteiger partial charge in [-0.25, -0.2) is 4.98 Å². The highest BCUT2D eigenvalue weighted by Gasteiger charge is 2.29. The van der Waals surface area contributed by atoms with E-state index in [1.165, 1.54) is 12.1 Å². The molecule has 146 valence electrons. The smallest absolute Gasteiger partial charge is 0.340 e. The number of nitrogens with one attached hydrogen (secondary N) is 1. The molecule has 0 aliphatic heterocycles. The molecule has 0 amide bonds. The Kier molecular flexibility index (Phi) is 5.82. The maximum absolute atomic E-state index is 12.7. The van der Waals surface area contributed by atoms with Gasteiger partial charge >= 0.3 is 6.18 Å². The van der Waals surface area contributed by atoms with Gasteiger partial charge in [0.2, 0.25) is 5.95 Å². The Balaban J connectivity index is 1.78. The molecule has 0 unspecified atom stereocenters. The molecule has 3 rings (SSSR count). The maximum atomic E-state index is 12.7. The number of rotatable bonds is 6. The van der Waals surface area contributed by atoms with E-state index in [2.05, 4.69) is 34.0 Å². The van der Waals surface area contributed by atoms with Gasteiger partial charge in [-0.1, -0.05) is 30.3 Å². The van der Waals surface area contributed by atoms with Gasteiger partial charge in [-0.3, -0.25) is 0 Å². The van der Waals surface area contributed by atoms with Crippen molar-refractivity contribution < 1.29 is 13.2 Å². The first-order valence-electron chi connectivity index (χ1n) is 8.91. The Bertz CT molecular complexity index is 894. The first kappa shape index (κ1) is 19.7. The molecule has 0 aliphatic carbocycles. The van der Waals surface area contributed by atoms with E-state index in [0.29, 0.717) is 24.0 Å². The lowest BCUT2D eigenvalue weighted by Gasteiger charge is -2.27. The summed E-state index contributed by atoms with van der Waals surface area (Å²) in [6.07, 6.45) is -2.72. The fraction of sp³-hybridized carbons (Fsp3) is 0.238. The minimum atomic E-state index is -4.35. The maximum Gasteiger partial charge on any atom is 0.416 e. The quantitative estimate of drug-likeness (QED) is 0.594. The first-order valence-corrected chi connectivity index (χ1v) is 8.91. The van der Waals surface area contributed by atoms with Gasteiger partial charge in [0.05, 0.1) is 5.56 Å². The fourth-order valence-electron chi connectivity index (χ4n) is 2.71. The molecule has 7 heteroatoms. The van der Waals surface area contributed by atoms with Crippen molar-refractivity contribution in [3.8, 4) is 0 Å². The lowest BCUT2D eigenvalue weighted by atomic mass is 10.2. The summed E-state index contributed by atoms with van der Waals surface area (Å²) in [6, 6.07) is 16.7. The predicted octanol–water partition coefficient (Wildman–Crippen LogP) is 5.65. The van der Waals surface area contributed by atoms with Crippen LogP contribution in [0.5, 0.6) is 0 Å². The van der Waals surface area contributed by atoms with Crippen molar-refractivity contribution in [2.75, 3.05) is 10.2 Å². The monoisotopic (exact) mass is 386 g/mol. The number of nitrogens with zero attached hydrogens (tertiary/aromatic N) is 3. The Labute approximate surface area is 162 Å². The number of hydrogen-bond acceptors (Lipinski definition) is 4. The number of hydrogen-bond donors (Lipinski definition) is 1. The van der Waals surface area contributed by atoms with Crippen molar-refractivity contribution in [3.05, 3.63) is 78.0 Å². The van der Waals surface area contributed by atoms with Crippen molar-refractivity contribution in [2.24, 2.45) is 0 Å². The molecular weight excluding hydrogens is 365 g/mol. The van der Waals surface area contributed by atoms with Crippen molar-refractivity contribution in [2.45, 2.75) is 32.6 Å². The molecule has 1 aromatic heterocycles. The molecule has 0 radical (unpaired) electrons. The second-order valence-corrected chi connectivity index (χ2v) is 6.65. The zero-order chi connectivity index (χ0) is 20.1. The van der Waals surface area contributed by atoms with Gasteiger partial charge < -0.3 is 10.2 Å². The van der Waals surface area contributed by atoms with Gasteiger partial charge in [0.25, 0.3) is 0 Å². The molecule has 0 spiro atoms. The number of aromatic nitrogens is 2. The summed E-state index contributed by atoms with van der Waals surface area (Å²) in [5.41, 5.74) is 0.980. The third kappa shape index (κ3) is 5.00. The summed E-state index contributed by atoms with van der Waals surface area (Å²) in [5.74, 6) is 1.07. The van der Waals surface area contributed by atoms with Crippen LogP contribution in [0.25, 0.3) is 0 Å². The Hall–Kier alpha value is -3.09. The van der Waals surface area contributed by atoms with Crippen molar-refractivity contribution in [3.63, 3.8) is 0 Å². The highest BCUT2D eigenvalue weighted by Crippen LogP contribution is 2.30. The van der Waals surface area contributed by atoms with Gasteiger partial charge in [-0.15, -0.1) is 0 Å². The second-order valence-electron chi connectivity index (χ2n) is 6.65. The Morgan fingerprint density at radius 1 is 0.964 bits per heavy atom. The van der Waals surface area contributed by atoms with E-state index >= 15 is 0 Å². The molecule has 0 fully saturated rings. The number of benzene rings is 2. The average Bonchev–Trinajstić information content (AvgIpc) is 2.66. The molecule has 0 aliphatic rings. The Morgan fingerprint density at radius 2 is 1.64 bits per heavy atom. The summed E-state index contributed by atoms with van der Waals surface area (Å²) < 4.78 is 38.1. The van der Waals surface area contributed by atoms with Crippen molar-refractivity contribution in [1.29, 1.82) is 0 Å². The lowest BCUT2D eigenvalue weighted by Crippen LogP contribution is -2.31. The zero-order valence-electron chi connectivity index (χ0n) is 15.6. The molecule has 4 nitrogen and oxygen atoms in total. The van der Waals surface area contributed by atoms with Crippen LogP contribution in [0.3, 0.4) is 0 Å². The molecule has 2 aromatic carbocycles.